The molecule has 2 aromatic carbocycles. The maximum Gasteiger partial charge on any atom is 0.421 e. The van der Waals surface area contributed by atoms with Crippen molar-refractivity contribution in [2.45, 2.75) is 57.8 Å². The van der Waals surface area contributed by atoms with Gasteiger partial charge in [0.15, 0.2) is 0 Å². The van der Waals surface area contributed by atoms with E-state index in [1.54, 1.807) is 30.3 Å². The molecule has 4 heterocycles. The van der Waals surface area contributed by atoms with E-state index in [1.165, 1.54) is 13.2 Å². The Balaban J connectivity index is 1.34. The zero-order valence-corrected chi connectivity index (χ0v) is 24.8. The number of ether oxygens (including phenoxy) is 3. The number of aromatic carboxylic acids is 1. The molecule has 0 bridgehead atoms. The van der Waals surface area contributed by atoms with Crippen LogP contribution in [0.3, 0.4) is 0 Å². The minimum Gasteiger partial charge on any atom is -0.494 e. The number of fused-ring (bicyclic) bond motifs is 2. The number of imidazole rings is 1. The van der Waals surface area contributed by atoms with E-state index in [1.807, 2.05) is 11.5 Å². The van der Waals surface area contributed by atoms with E-state index >= 15 is 0 Å². The number of alkyl halides is 3. The van der Waals surface area contributed by atoms with Gasteiger partial charge in [-0.3, -0.25) is 4.90 Å². The van der Waals surface area contributed by atoms with Crippen molar-refractivity contribution >= 4 is 28.6 Å². The summed E-state index contributed by atoms with van der Waals surface area (Å²) in [6.07, 6.45) is -3.48. The summed E-state index contributed by atoms with van der Waals surface area (Å²) in [6.45, 7) is 3.66. The van der Waals surface area contributed by atoms with Crippen LogP contribution < -0.4 is 9.47 Å². The topological polar surface area (TPSA) is 98.9 Å². The van der Waals surface area contributed by atoms with Crippen LogP contribution in [-0.4, -0.2) is 56.9 Å². The Morgan fingerprint density at radius 3 is 2.64 bits per heavy atom. The van der Waals surface area contributed by atoms with Crippen LogP contribution in [0.4, 0.5) is 13.2 Å². The summed E-state index contributed by atoms with van der Waals surface area (Å²) in [7, 11) is 1.46. The first-order chi connectivity index (χ1) is 21.0. The number of pyridine rings is 1. The van der Waals surface area contributed by atoms with E-state index in [0.717, 1.165) is 12.5 Å². The van der Waals surface area contributed by atoms with Gasteiger partial charge in [-0.1, -0.05) is 29.8 Å². The van der Waals surface area contributed by atoms with Crippen molar-refractivity contribution < 1.29 is 37.3 Å². The first kappa shape index (κ1) is 30.2. The molecule has 44 heavy (non-hydrogen) atoms. The standard InChI is InChI=1S/C31H30ClF3N4O5/c1-17-27-18(11-22(31(33,34)35)29(37-27)44-16-19-5-3-4-6-23(19)32)7-9-38(17)15-26-36-28-24(39(26)14-21-8-10-43-21)12-20(30(40)41)13-25(28)42-2/h3-6,11-13,17,21H,7-10,14-16H2,1-2H3,(H,40,41)/t17-,21-/m0/s1. The van der Waals surface area contributed by atoms with Crippen LogP contribution >= 0.6 is 11.6 Å². The zero-order valence-electron chi connectivity index (χ0n) is 24.0. The highest BCUT2D eigenvalue weighted by Crippen LogP contribution is 2.40. The van der Waals surface area contributed by atoms with Gasteiger partial charge in [-0.05, 0) is 49.6 Å². The van der Waals surface area contributed by atoms with Crippen LogP contribution in [0.25, 0.3) is 11.0 Å². The van der Waals surface area contributed by atoms with Crippen LogP contribution in [0.1, 0.15) is 58.0 Å². The number of halogens is 4. The number of benzene rings is 2. The number of carboxylic acids is 1. The fraction of sp³-hybridized carbons (Fsp3) is 0.387. The fourth-order valence-corrected chi connectivity index (χ4v) is 5.88. The molecule has 1 fully saturated rings. The van der Waals surface area contributed by atoms with Crippen molar-refractivity contribution in [1.29, 1.82) is 0 Å². The molecule has 9 nitrogen and oxygen atoms in total. The molecule has 2 aliphatic heterocycles. The molecular formula is C31H30ClF3N4O5. The number of rotatable bonds is 9. The summed E-state index contributed by atoms with van der Waals surface area (Å²) >= 11 is 6.20. The van der Waals surface area contributed by atoms with Crippen molar-refractivity contribution in [2.24, 2.45) is 0 Å². The molecule has 1 N–H and O–H groups in total. The number of hydrogen-bond donors (Lipinski definition) is 1. The summed E-state index contributed by atoms with van der Waals surface area (Å²) in [4.78, 5) is 23.2. The van der Waals surface area contributed by atoms with Gasteiger partial charge in [0.05, 0.1) is 49.1 Å². The highest BCUT2D eigenvalue weighted by Gasteiger charge is 2.38. The smallest absolute Gasteiger partial charge is 0.421 e. The number of nitrogens with zero attached hydrogens (tertiary/aromatic N) is 4. The van der Waals surface area contributed by atoms with E-state index in [0.29, 0.717) is 77.1 Å². The van der Waals surface area contributed by atoms with Gasteiger partial charge in [0, 0.05) is 23.7 Å². The molecular weight excluding hydrogens is 601 g/mol. The molecule has 0 aliphatic carbocycles. The van der Waals surface area contributed by atoms with E-state index in [2.05, 4.69) is 9.88 Å². The van der Waals surface area contributed by atoms with Crippen molar-refractivity contribution in [1.82, 2.24) is 19.4 Å². The fourth-order valence-electron chi connectivity index (χ4n) is 5.69. The third kappa shape index (κ3) is 5.81. The van der Waals surface area contributed by atoms with Gasteiger partial charge in [-0.2, -0.15) is 13.2 Å². The molecule has 0 radical (unpaired) electrons. The zero-order chi connectivity index (χ0) is 31.2. The molecule has 232 valence electrons. The molecule has 13 heteroatoms. The predicted octanol–water partition coefficient (Wildman–Crippen LogP) is 6.30. The highest BCUT2D eigenvalue weighted by molar-refractivity contribution is 6.31. The maximum atomic E-state index is 14.1. The third-order valence-electron chi connectivity index (χ3n) is 8.23. The Morgan fingerprint density at radius 2 is 1.98 bits per heavy atom. The second kappa shape index (κ2) is 11.9. The minimum atomic E-state index is -4.65. The number of hydrogen-bond acceptors (Lipinski definition) is 7. The largest absolute Gasteiger partial charge is 0.494 e. The molecule has 0 amide bonds. The van der Waals surface area contributed by atoms with Gasteiger partial charge < -0.3 is 23.9 Å². The summed E-state index contributed by atoms with van der Waals surface area (Å²) in [5.74, 6) is -0.579. The Hall–Kier alpha value is -3.87. The van der Waals surface area contributed by atoms with Gasteiger partial charge in [0.2, 0.25) is 5.88 Å². The van der Waals surface area contributed by atoms with Gasteiger partial charge >= 0.3 is 12.1 Å². The molecule has 6 rings (SSSR count). The SMILES string of the molecule is COc1cc(C(=O)O)cc2c1nc(CN1CCc3cc(C(F)(F)F)c(OCc4ccccc4Cl)nc3[C@@H]1C)n2C[C@@H]1CCO1. The van der Waals surface area contributed by atoms with Gasteiger partial charge in [-0.25, -0.2) is 14.8 Å². The lowest BCUT2D eigenvalue weighted by atomic mass is 9.97. The molecule has 0 spiro atoms. The minimum absolute atomic E-state index is 0.0367. The molecule has 2 atom stereocenters. The van der Waals surface area contributed by atoms with Crippen molar-refractivity contribution in [3.8, 4) is 11.6 Å². The van der Waals surface area contributed by atoms with E-state index in [4.69, 9.17) is 30.8 Å². The molecule has 1 saturated heterocycles. The third-order valence-corrected chi connectivity index (χ3v) is 8.60. The van der Waals surface area contributed by atoms with Crippen molar-refractivity contribution in [3.05, 3.63) is 81.3 Å². The average Bonchev–Trinajstić information content (AvgIpc) is 3.31. The first-order valence-electron chi connectivity index (χ1n) is 14.2. The highest BCUT2D eigenvalue weighted by atomic mass is 35.5. The first-order valence-corrected chi connectivity index (χ1v) is 14.5. The van der Waals surface area contributed by atoms with Crippen LogP contribution in [0.5, 0.6) is 11.6 Å². The normalized spacial score (nSPS) is 18.6. The van der Waals surface area contributed by atoms with E-state index in [-0.39, 0.29) is 24.3 Å². The molecule has 0 saturated carbocycles. The van der Waals surface area contributed by atoms with Gasteiger partial charge in [-0.15, -0.1) is 0 Å². The van der Waals surface area contributed by atoms with Gasteiger partial charge in [0.25, 0.3) is 0 Å². The van der Waals surface area contributed by atoms with Crippen LogP contribution in [-0.2, 0) is 37.0 Å². The van der Waals surface area contributed by atoms with E-state index in [9.17, 15) is 23.1 Å². The summed E-state index contributed by atoms with van der Waals surface area (Å²) in [6, 6.07) is 10.6. The Bertz CT molecular complexity index is 1720. The van der Waals surface area contributed by atoms with Crippen molar-refractivity contribution in [3.63, 3.8) is 0 Å². The van der Waals surface area contributed by atoms with Crippen molar-refractivity contribution in [2.75, 3.05) is 20.3 Å². The summed E-state index contributed by atoms with van der Waals surface area (Å²) in [5.41, 5.74) is 1.84. The lowest BCUT2D eigenvalue weighted by Crippen LogP contribution is -2.36. The maximum absolute atomic E-state index is 14.1. The Labute approximate surface area is 256 Å². The molecule has 0 unspecified atom stereocenters. The number of carbonyl (C=O) groups is 1. The average molecular weight is 631 g/mol. The Kier molecular flexibility index (Phi) is 8.16. The van der Waals surface area contributed by atoms with Crippen LogP contribution in [0, 0.1) is 0 Å². The predicted molar refractivity (Wildman–Crippen MR) is 155 cm³/mol. The molecule has 4 aromatic rings. The van der Waals surface area contributed by atoms with Crippen LogP contribution in [0.15, 0.2) is 42.5 Å². The second-order valence-corrected chi connectivity index (χ2v) is 11.3. The van der Waals surface area contributed by atoms with E-state index < -0.39 is 23.6 Å². The quantitative estimate of drug-likeness (QED) is 0.230. The van der Waals surface area contributed by atoms with Crippen LogP contribution in [0.2, 0.25) is 5.02 Å². The number of aromatic nitrogens is 3. The monoisotopic (exact) mass is 630 g/mol. The second-order valence-electron chi connectivity index (χ2n) is 10.9. The number of methoxy groups -OCH3 is 1. The lowest BCUT2D eigenvalue weighted by molar-refractivity contribution is -0.139. The Morgan fingerprint density at radius 1 is 1.20 bits per heavy atom. The number of carboxylic acid groups (broad SMARTS) is 1. The molecule has 2 aromatic heterocycles. The van der Waals surface area contributed by atoms with Gasteiger partial charge in [0.1, 0.15) is 29.3 Å². The lowest BCUT2D eigenvalue weighted by Gasteiger charge is -2.35. The molecule has 2 aliphatic rings. The summed E-state index contributed by atoms with van der Waals surface area (Å²) in [5, 5.41) is 10.1. The summed E-state index contributed by atoms with van der Waals surface area (Å²) < 4.78 is 61.0.